The first kappa shape index (κ1) is 11.7. The maximum absolute atomic E-state index is 11.8. The van der Waals surface area contributed by atoms with Crippen molar-refractivity contribution in [1.29, 1.82) is 0 Å². The molecule has 0 aliphatic heterocycles. The Morgan fingerprint density at radius 2 is 2.07 bits per heavy atom. The number of carbonyl (C=O) groups excluding carboxylic acids is 1. The Bertz CT molecular complexity index is 183. The van der Waals surface area contributed by atoms with Crippen LogP contribution in [0.2, 0.25) is 0 Å². The van der Waals surface area contributed by atoms with Crippen molar-refractivity contribution in [1.82, 2.24) is 0 Å². The predicted molar refractivity (Wildman–Crippen MR) is 57.2 cm³/mol. The molecule has 0 amide bonds. The van der Waals surface area contributed by atoms with Crippen LogP contribution in [0.1, 0.15) is 46.5 Å². The lowest BCUT2D eigenvalue weighted by Crippen LogP contribution is -2.30. The highest BCUT2D eigenvalue weighted by Gasteiger charge is 2.37. The van der Waals surface area contributed by atoms with Crippen molar-refractivity contribution in [2.45, 2.75) is 52.6 Å². The van der Waals surface area contributed by atoms with Crippen molar-refractivity contribution in [2.75, 3.05) is 6.61 Å². The molecule has 1 atom stereocenters. The minimum Gasteiger partial charge on any atom is -0.370 e. The molecule has 0 spiro atoms. The third-order valence-corrected chi connectivity index (χ3v) is 2.69. The average Bonchev–Trinajstić information content (AvgIpc) is 2.95. The summed E-state index contributed by atoms with van der Waals surface area (Å²) in [5, 5.41) is 0. The van der Waals surface area contributed by atoms with Gasteiger partial charge in [0.15, 0.2) is 5.78 Å². The number of ether oxygens (including phenoxy) is 1. The molecule has 0 N–H and O–H groups in total. The maximum Gasteiger partial charge on any atom is 0.164 e. The Morgan fingerprint density at radius 3 is 2.50 bits per heavy atom. The van der Waals surface area contributed by atoms with Gasteiger partial charge in [-0.25, -0.2) is 0 Å². The van der Waals surface area contributed by atoms with Crippen LogP contribution in [0.5, 0.6) is 0 Å². The smallest absolute Gasteiger partial charge is 0.164 e. The minimum absolute atomic E-state index is 0.0958. The van der Waals surface area contributed by atoms with Gasteiger partial charge >= 0.3 is 0 Å². The summed E-state index contributed by atoms with van der Waals surface area (Å²) in [5.41, 5.74) is 0. The van der Waals surface area contributed by atoms with Crippen molar-refractivity contribution in [2.24, 2.45) is 11.8 Å². The van der Waals surface area contributed by atoms with E-state index in [0.29, 0.717) is 11.7 Å². The first-order valence-corrected chi connectivity index (χ1v) is 5.82. The number of unbranched alkanes of at least 4 members (excludes halogenated alkanes) is 1. The van der Waals surface area contributed by atoms with Crippen molar-refractivity contribution in [3.8, 4) is 0 Å². The Morgan fingerprint density at radius 1 is 1.43 bits per heavy atom. The normalized spacial score (nSPS) is 18.6. The first-order chi connectivity index (χ1) is 6.66. The third kappa shape index (κ3) is 3.41. The summed E-state index contributed by atoms with van der Waals surface area (Å²) >= 11 is 0. The van der Waals surface area contributed by atoms with Gasteiger partial charge in [0.1, 0.15) is 6.10 Å². The number of hydrogen-bond donors (Lipinski definition) is 0. The van der Waals surface area contributed by atoms with Crippen LogP contribution in [0.25, 0.3) is 0 Å². The van der Waals surface area contributed by atoms with Gasteiger partial charge in [-0.05, 0) is 25.2 Å². The number of hydrogen-bond acceptors (Lipinski definition) is 2. The number of carbonyl (C=O) groups is 1. The summed E-state index contributed by atoms with van der Waals surface area (Å²) in [7, 11) is 0. The van der Waals surface area contributed by atoms with Crippen LogP contribution in [0, 0.1) is 11.8 Å². The molecule has 0 aromatic rings. The van der Waals surface area contributed by atoms with Gasteiger partial charge in [0, 0.05) is 12.5 Å². The van der Waals surface area contributed by atoms with Gasteiger partial charge < -0.3 is 4.74 Å². The second-order valence-electron chi connectivity index (χ2n) is 4.54. The van der Waals surface area contributed by atoms with Gasteiger partial charge in [0.2, 0.25) is 0 Å². The highest BCUT2D eigenvalue weighted by molar-refractivity contribution is 5.85. The van der Waals surface area contributed by atoms with Crippen LogP contribution < -0.4 is 0 Å². The van der Waals surface area contributed by atoms with E-state index in [4.69, 9.17) is 4.74 Å². The third-order valence-electron chi connectivity index (χ3n) is 2.69. The summed E-state index contributed by atoms with van der Waals surface area (Å²) < 4.78 is 5.68. The monoisotopic (exact) mass is 198 g/mol. The number of ketones is 1. The second kappa shape index (κ2) is 5.50. The van der Waals surface area contributed by atoms with Gasteiger partial charge in [-0.2, -0.15) is 0 Å². The highest BCUT2D eigenvalue weighted by atomic mass is 16.5. The largest absolute Gasteiger partial charge is 0.370 e. The predicted octanol–water partition coefficient (Wildman–Crippen LogP) is 2.81. The fourth-order valence-corrected chi connectivity index (χ4v) is 1.53. The van der Waals surface area contributed by atoms with Gasteiger partial charge in [-0.15, -0.1) is 0 Å². The molecule has 82 valence electrons. The van der Waals surface area contributed by atoms with E-state index in [1.807, 2.05) is 13.8 Å². The molecule has 0 unspecified atom stereocenters. The van der Waals surface area contributed by atoms with Crippen molar-refractivity contribution >= 4 is 5.78 Å². The Hall–Kier alpha value is -0.370. The van der Waals surface area contributed by atoms with Gasteiger partial charge in [0.25, 0.3) is 0 Å². The molecule has 1 aliphatic rings. The summed E-state index contributed by atoms with van der Waals surface area (Å²) in [6.07, 6.45) is 4.45. The number of Topliss-reactive ketones (excluding diaryl/α,β-unsaturated/α-hetero) is 1. The van der Waals surface area contributed by atoms with Crippen LogP contribution in [-0.2, 0) is 9.53 Å². The molecule has 0 aromatic heterocycles. The zero-order valence-corrected chi connectivity index (χ0v) is 9.58. The molecule has 14 heavy (non-hydrogen) atoms. The molecule has 0 heterocycles. The van der Waals surface area contributed by atoms with Crippen LogP contribution in [0.15, 0.2) is 0 Å². The van der Waals surface area contributed by atoms with Crippen LogP contribution in [-0.4, -0.2) is 18.5 Å². The van der Waals surface area contributed by atoms with E-state index in [-0.39, 0.29) is 12.0 Å². The van der Waals surface area contributed by atoms with Crippen molar-refractivity contribution in [3.63, 3.8) is 0 Å². The average molecular weight is 198 g/mol. The number of rotatable bonds is 7. The van der Waals surface area contributed by atoms with Crippen molar-refractivity contribution < 1.29 is 9.53 Å². The Balaban J connectivity index is 2.34. The summed E-state index contributed by atoms with van der Waals surface area (Å²) in [6, 6.07) is 0. The van der Waals surface area contributed by atoms with Crippen LogP contribution in [0.4, 0.5) is 0 Å². The Kier molecular flexibility index (Phi) is 4.59. The summed E-state index contributed by atoms with van der Waals surface area (Å²) in [4.78, 5) is 11.8. The molecule has 1 rings (SSSR count). The van der Waals surface area contributed by atoms with Gasteiger partial charge in [-0.3, -0.25) is 4.79 Å². The SMILES string of the molecule is CCCCO[C@H](C(=O)C(C)C)C1CC1. The first-order valence-electron chi connectivity index (χ1n) is 5.82. The zero-order chi connectivity index (χ0) is 10.6. The van der Waals surface area contributed by atoms with Gasteiger partial charge in [0.05, 0.1) is 0 Å². The quantitative estimate of drug-likeness (QED) is 0.588. The molecule has 0 bridgehead atoms. The maximum atomic E-state index is 11.8. The highest BCUT2D eigenvalue weighted by Crippen LogP contribution is 2.35. The summed E-state index contributed by atoms with van der Waals surface area (Å²) in [6.45, 7) is 6.80. The molecule has 0 aromatic carbocycles. The van der Waals surface area contributed by atoms with E-state index < -0.39 is 0 Å². The Labute approximate surface area is 87.0 Å². The molecule has 1 saturated carbocycles. The molecular weight excluding hydrogens is 176 g/mol. The lowest BCUT2D eigenvalue weighted by atomic mass is 10.0. The zero-order valence-electron chi connectivity index (χ0n) is 9.58. The van der Waals surface area contributed by atoms with E-state index in [1.54, 1.807) is 0 Å². The van der Waals surface area contributed by atoms with Crippen LogP contribution >= 0.6 is 0 Å². The fraction of sp³-hybridized carbons (Fsp3) is 0.917. The van der Waals surface area contributed by atoms with E-state index >= 15 is 0 Å². The molecular formula is C12H22O2. The molecule has 2 nitrogen and oxygen atoms in total. The van der Waals surface area contributed by atoms with E-state index in [9.17, 15) is 4.79 Å². The standard InChI is InChI=1S/C12H22O2/c1-4-5-8-14-12(10-6-7-10)11(13)9(2)3/h9-10,12H,4-8H2,1-3H3/t12-/m0/s1. The van der Waals surface area contributed by atoms with E-state index in [1.165, 1.54) is 12.8 Å². The van der Waals surface area contributed by atoms with Crippen molar-refractivity contribution in [3.05, 3.63) is 0 Å². The summed E-state index contributed by atoms with van der Waals surface area (Å²) in [5.74, 6) is 0.938. The van der Waals surface area contributed by atoms with Crippen LogP contribution in [0.3, 0.4) is 0 Å². The molecule has 2 heteroatoms. The fourth-order valence-electron chi connectivity index (χ4n) is 1.53. The molecule has 1 fully saturated rings. The minimum atomic E-state index is -0.0958. The van der Waals surface area contributed by atoms with Gasteiger partial charge in [-0.1, -0.05) is 27.2 Å². The second-order valence-corrected chi connectivity index (χ2v) is 4.54. The molecule has 0 saturated heterocycles. The lowest BCUT2D eigenvalue weighted by Gasteiger charge is -2.17. The molecule has 1 aliphatic carbocycles. The van der Waals surface area contributed by atoms with E-state index in [0.717, 1.165) is 19.4 Å². The topological polar surface area (TPSA) is 26.3 Å². The van der Waals surface area contributed by atoms with E-state index in [2.05, 4.69) is 6.92 Å². The molecule has 0 radical (unpaired) electrons. The lowest BCUT2D eigenvalue weighted by molar-refractivity contribution is -0.135.